The number of fused-ring (bicyclic) bond motifs is 1. The average molecular weight is 407 g/mol. The minimum atomic E-state index is -0.153. The topological polar surface area (TPSA) is 75.6 Å². The van der Waals surface area contributed by atoms with E-state index in [1.807, 2.05) is 55.9 Å². The van der Waals surface area contributed by atoms with Crippen molar-refractivity contribution in [1.82, 2.24) is 23.7 Å². The molecule has 0 radical (unpaired) electrons. The van der Waals surface area contributed by atoms with Gasteiger partial charge in [-0.2, -0.15) is 5.10 Å². The smallest absolute Gasteiger partial charge is 0.279 e. The maximum Gasteiger partial charge on any atom is 0.279 e. The number of hydrogen-bond donors (Lipinski definition) is 0. The van der Waals surface area contributed by atoms with Gasteiger partial charge in [-0.3, -0.25) is 18.4 Å². The Balaban J connectivity index is 1.70. The van der Waals surface area contributed by atoms with Crippen LogP contribution in [0.2, 0.25) is 0 Å². The summed E-state index contributed by atoms with van der Waals surface area (Å²) in [5, 5.41) is 4.35. The van der Waals surface area contributed by atoms with Crippen LogP contribution in [-0.2, 0) is 13.6 Å². The zero-order valence-electron chi connectivity index (χ0n) is 17.8. The second-order valence-corrected chi connectivity index (χ2v) is 7.36. The van der Waals surface area contributed by atoms with Crippen LogP contribution in [0.25, 0.3) is 16.8 Å². The van der Waals surface area contributed by atoms with Crippen molar-refractivity contribution in [2.75, 3.05) is 7.11 Å². The number of rotatable bonds is 6. The molecule has 0 amide bonds. The molecule has 1 aromatic carbocycles. The molecule has 0 aliphatic carbocycles. The predicted octanol–water partition coefficient (Wildman–Crippen LogP) is 3.84. The Kier molecular flexibility index (Phi) is 5.07. The second kappa shape index (κ2) is 7.70. The largest absolute Gasteiger partial charge is 0.493 e. The van der Waals surface area contributed by atoms with Crippen LogP contribution in [0.3, 0.4) is 0 Å². The van der Waals surface area contributed by atoms with Gasteiger partial charge in [-0.15, -0.1) is 0 Å². The molecule has 0 saturated heterocycles. The lowest BCUT2D eigenvalue weighted by atomic mass is 10.1. The summed E-state index contributed by atoms with van der Waals surface area (Å²) in [6, 6.07) is 7.64. The lowest BCUT2D eigenvalue weighted by Crippen LogP contribution is -2.20. The van der Waals surface area contributed by atoms with Crippen LogP contribution >= 0.6 is 0 Å². The van der Waals surface area contributed by atoms with Crippen LogP contribution in [0.4, 0.5) is 0 Å². The van der Waals surface area contributed by atoms with Crippen molar-refractivity contribution >= 4 is 5.52 Å². The number of aryl methyl sites for hydroxylation is 1. The van der Waals surface area contributed by atoms with Gasteiger partial charge in [0.1, 0.15) is 22.8 Å². The van der Waals surface area contributed by atoms with Gasteiger partial charge in [0, 0.05) is 25.1 Å². The number of imidazole rings is 1. The van der Waals surface area contributed by atoms with Crippen LogP contribution in [0, 0.1) is 0 Å². The Morgan fingerprint density at radius 2 is 1.87 bits per heavy atom. The Bertz CT molecular complexity index is 1230. The molecule has 4 aromatic rings. The van der Waals surface area contributed by atoms with Gasteiger partial charge >= 0.3 is 0 Å². The summed E-state index contributed by atoms with van der Waals surface area (Å²) in [5.74, 6) is 2.80. The summed E-state index contributed by atoms with van der Waals surface area (Å²) in [4.78, 5) is 17.1. The highest BCUT2D eigenvalue weighted by Gasteiger charge is 2.16. The first-order valence-electron chi connectivity index (χ1n) is 9.89. The molecule has 30 heavy (non-hydrogen) atoms. The average Bonchev–Trinajstić information content (AvgIpc) is 3.36. The number of nitrogens with zero attached hydrogens (tertiary/aromatic N) is 5. The van der Waals surface area contributed by atoms with Crippen molar-refractivity contribution in [1.29, 1.82) is 0 Å². The van der Waals surface area contributed by atoms with E-state index >= 15 is 0 Å². The fourth-order valence-corrected chi connectivity index (χ4v) is 3.51. The summed E-state index contributed by atoms with van der Waals surface area (Å²) >= 11 is 0. The van der Waals surface area contributed by atoms with Crippen LogP contribution < -0.4 is 15.0 Å². The van der Waals surface area contributed by atoms with Gasteiger partial charge in [0.15, 0.2) is 5.75 Å². The number of methoxy groups -OCH3 is 1. The fourth-order valence-electron chi connectivity index (χ4n) is 3.51. The molecule has 0 aliphatic heterocycles. The third-order valence-corrected chi connectivity index (χ3v) is 5.11. The van der Waals surface area contributed by atoms with E-state index in [9.17, 15) is 4.79 Å². The first kappa shape index (κ1) is 19.8. The van der Waals surface area contributed by atoms with Crippen LogP contribution in [0.5, 0.6) is 17.4 Å². The van der Waals surface area contributed by atoms with Crippen LogP contribution in [0.1, 0.15) is 32.5 Å². The number of aromatic nitrogens is 5. The van der Waals surface area contributed by atoms with E-state index in [4.69, 9.17) is 9.47 Å². The van der Waals surface area contributed by atoms with Gasteiger partial charge in [-0.25, -0.2) is 4.98 Å². The van der Waals surface area contributed by atoms with Crippen LogP contribution in [-0.4, -0.2) is 30.8 Å². The minimum absolute atomic E-state index is 0.153. The highest BCUT2D eigenvalue weighted by molar-refractivity contribution is 5.67. The minimum Gasteiger partial charge on any atom is -0.493 e. The van der Waals surface area contributed by atoms with Crippen molar-refractivity contribution in [3.63, 3.8) is 0 Å². The molecule has 8 heteroatoms. The molecule has 0 aliphatic rings. The maximum atomic E-state index is 12.7. The summed E-state index contributed by atoms with van der Waals surface area (Å²) in [6.45, 7) is 6.86. The van der Waals surface area contributed by atoms with Gasteiger partial charge in [-0.05, 0) is 31.2 Å². The van der Waals surface area contributed by atoms with E-state index in [0.29, 0.717) is 17.1 Å². The highest BCUT2D eigenvalue weighted by Crippen LogP contribution is 2.32. The SMILES string of the molecule is CCn1ncc(OC)c1-c1ccc(Oc2cn3c(C(C)C)ncc3c(=O)n2C)cc1. The van der Waals surface area contributed by atoms with Gasteiger partial charge in [-0.1, -0.05) is 13.8 Å². The fraction of sp³-hybridized carbons (Fsp3) is 0.318. The van der Waals surface area contributed by atoms with E-state index in [1.54, 1.807) is 31.0 Å². The third-order valence-electron chi connectivity index (χ3n) is 5.11. The molecule has 0 N–H and O–H groups in total. The van der Waals surface area contributed by atoms with Gasteiger partial charge in [0.25, 0.3) is 5.56 Å². The second-order valence-electron chi connectivity index (χ2n) is 7.36. The standard InChI is InChI=1S/C22H25N5O3/c1-6-27-20(18(29-5)12-24-27)15-7-9-16(10-8-15)30-19-13-26-17(22(28)25(19)4)11-23-21(26)14(2)3/h7-14H,6H2,1-5H3. The Labute approximate surface area is 174 Å². The normalized spacial score (nSPS) is 11.4. The van der Waals surface area contributed by atoms with Crippen molar-refractivity contribution in [3.05, 3.63) is 59.0 Å². The summed E-state index contributed by atoms with van der Waals surface area (Å²) in [6.07, 6.45) is 5.13. The Hall–Kier alpha value is -3.55. The zero-order valence-corrected chi connectivity index (χ0v) is 17.8. The van der Waals surface area contributed by atoms with E-state index in [0.717, 1.165) is 29.4 Å². The Morgan fingerprint density at radius 1 is 1.13 bits per heavy atom. The van der Waals surface area contributed by atoms with Crippen LogP contribution in [0.15, 0.2) is 47.7 Å². The monoisotopic (exact) mass is 407 g/mol. The molecule has 8 nitrogen and oxygen atoms in total. The lowest BCUT2D eigenvalue weighted by molar-refractivity contribution is 0.416. The lowest BCUT2D eigenvalue weighted by Gasteiger charge is -2.13. The number of ether oxygens (including phenoxy) is 2. The van der Waals surface area contributed by atoms with Crippen molar-refractivity contribution in [2.24, 2.45) is 7.05 Å². The van der Waals surface area contributed by atoms with E-state index in [2.05, 4.69) is 10.1 Å². The molecule has 3 aromatic heterocycles. The summed E-state index contributed by atoms with van der Waals surface area (Å²) in [5.41, 5.74) is 2.27. The summed E-state index contributed by atoms with van der Waals surface area (Å²) < 4.78 is 16.7. The van der Waals surface area contributed by atoms with Crippen molar-refractivity contribution in [3.8, 4) is 28.6 Å². The van der Waals surface area contributed by atoms with Crippen molar-refractivity contribution < 1.29 is 9.47 Å². The van der Waals surface area contributed by atoms with Crippen molar-refractivity contribution in [2.45, 2.75) is 33.2 Å². The quantitative estimate of drug-likeness (QED) is 0.485. The zero-order chi connectivity index (χ0) is 21.4. The molecule has 0 atom stereocenters. The molecule has 0 fully saturated rings. The third kappa shape index (κ3) is 3.24. The molecule has 0 bridgehead atoms. The van der Waals surface area contributed by atoms with E-state index in [1.165, 1.54) is 4.57 Å². The molecule has 0 unspecified atom stereocenters. The molecular formula is C22H25N5O3. The first-order valence-corrected chi connectivity index (χ1v) is 9.89. The predicted molar refractivity (Wildman–Crippen MR) is 114 cm³/mol. The molecule has 3 heterocycles. The van der Waals surface area contributed by atoms with E-state index < -0.39 is 0 Å². The van der Waals surface area contributed by atoms with Gasteiger partial charge < -0.3 is 9.47 Å². The molecule has 4 rings (SSSR count). The molecule has 156 valence electrons. The summed E-state index contributed by atoms with van der Waals surface area (Å²) in [7, 11) is 3.33. The molecule has 0 spiro atoms. The molecular weight excluding hydrogens is 382 g/mol. The highest BCUT2D eigenvalue weighted by atomic mass is 16.5. The molecule has 0 saturated carbocycles. The Morgan fingerprint density at radius 3 is 2.50 bits per heavy atom. The maximum absolute atomic E-state index is 12.7. The van der Waals surface area contributed by atoms with Gasteiger partial charge in [0.05, 0.1) is 25.7 Å². The first-order chi connectivity index (χ1) is 14.4. The van der Waals surface area contributed by atoms with E-state index in [-0.39, 0.29) is 11.5 Å². The number of hydrogen-bond acceptors (Lipinski definition) is 5. The number of benzene rings is 1. The van der Waals surface area contributed by atoms with Gasteiger partial charge in [0.2, 0.25) is 5.88 Å².